The number of allylic oxidation sites excluding steroid dienone is 1. The molecule has 2 aromatic rings. The van der Waals surface area contributed by atoms with E-state index < -0.39 is 52.4 Å². The molecule has 198 valence electrons. The van der Waals surface area contributed by atoms with Crippen molar-refractivity contribution in [1.29, 1.82) is 0 Å². The minimum atomic E-state index is -0.862. The average Bonchev–Trinajstić information content (AvgIpc) is 3.44. The quantitative estimate of drug-likeness (QED) is 0.315. The highest BCUT2D eigenvalue weighted by Crippen LogP contribution is 2.64. The average molecular weight is 519 g/mol. The van der Waals surface area contributed by atoms with Crippen molar-refractivity contribution in [2.24, 2.45) is 28.6 Å². The molecule has 3 aliphatic rings. The summed E-state index contributed by atoms with van der Waals surface area (Å²) in [7, 11) is 1.29. The Bertz CT molecular complexity index is 1310. The summed E-state index contributed by atoms with van der Waals surface area (Å²) in [5.74, 6) is -4.41. The first-order chi connectivity index (χ1) is 18.2. The lowest BCUT2D eigenvalue weighted by Gasteiger charge is -2.59. The number of esters is 3. The molecule has 0 amide bonds. The van der Waals surface area contributed by atoms with Crippen LogP contribution in [0.15, 0.2) is 71.3 Å². The summed E-state index contributed by atoms with van der Waals surface area (Å²) >= 11 is 0. The van der Waals surface area contributed by atoms with Crippen molar-refractivity contribution in [3.63, 3.8) is 0 Å². The molecule has 1 aromatic heterocycles. The molecule has 6 atom stereocenters. The number of ether oxygens (including phenoxy) is 3. The van der Waals surface area contributed by atoms with Crippen LogP contribution in [-0.4, -0.2) is 30.8 Å². The van der Waals surface area contributed by atoms with Crippen LogP contribution in [0, 0.1) is 28.6 Å². The van der Waals surface area contributed by atoms with Crippen LogP contribution in [0.25, 0.3) is 6.08 Å². The maximum absolute atomic E-state index is 14.1. The van der Waals surface area contributed by atoms with E-state index in [2.05, 4.69) is 0 Å². The van der Waals surface area contributed by atoms with Crippen molar-refractivity contribution >= 4 is 29.8 Å². The molecule has 0 unspecified atom stereocenters. The topological polar surface area (TPSA) is 109 Å². The fourth-order valence-corrected chi connectivity index (χ4v) is 6.76. The predicted molar refractivity (Wildman–Crippen MR) is 135 cm³/mol. The van der Waals surface area contributed by atoms with Gasteiger partial charge in [0, 0.05) is 17.6 Å². The number of carbonyl (C=O) groups excluding carboxylic acids is 4. The lowest BCUT2D eigenvalue weighted by Crippen LogP contribution is -2.61. The maximum atomic E-state index is 14.1. The molecule has 0 spiro atoms. The number of methoxy groups -OCH3 is 1. The van der Waals surface area contributed by atoms with Crippen molar-refractivity contribution < 1.29 is 37.8 Å². The fraction of sp³-hybridized carbons (Fsp3) is 0.400. The van der Waals surface area contributed by atoms with Gasteiger partial charge in [-0.05, 0) is 53.9 Å². The number of hydrogen-bond acceptors (Lipinski definition) is 8. The molecular formula is C30H30O8. The normalized spacial score (nSPS) is 32.6. The molecular weight excluding hydrogens is 488 g/mol. The number of ketones is 1. The van der Waals surface area contributed by atoms with Crippen molar-refractivity contribution in [3.05, 3.63) is 78.0 Å². The Kier molecular flexibility index (Phi) is 6.59. The van der Waals surface area contributed by atoms with E-state index in [-0.39, 0.29) is 11.7 Å². The number of hydrogen-bond donors (Lipinski definition) is 0. The van der Waals surface area contributed by atoms with Gasteiger partial charge in [0.2, 0.25) is 5.78 Å². The van der Waals surface area contributed by atoms with Gasteiger partial charge in [-0.3, -0.25) is 14.4 Å². The number of rotatable bonds is 5. The van der Waals surface area contributed by atoms with Gasteiger partial charge >= 0.3 is 17.9 Å². The minimum Gasteiger partial charge on any atom is -0.472 e. The molecule has 8 nitrogen and oxygen atoms in total. The highest BCUT2D eigenvalue weighted by molar-refractivity contribution is 6.03. The van der Waals surface area contributed by atoms with Crippen molar-refractivity contribution in [2.75, 3.05) is 7.11 Å². The second-order valence-electron chi connectivity index (χ2n) is 10.8. The molecule has 1 saturated heterocycles. The van der Waals surface area contributed by atoms with Gasteiger partial charge in [0.15, 0.2) is 5.76 Å². The Balaban J connectivity index is 1.51. The summed E-state index contributed by atoms with van der Waals surface area (Å²) in [6.45, 7) is 3.79. The number of furan rings is 1. The molecule has 2 aliphatic carbocycles. The molecule has 1 aromatic carbocycles. The first-order valence-electron chi connectivity index (χ1n) is 12.7. The van der Waals surface area contributed by atoms with Gasteiger partial charge < -0.3 is 18.6 Å². The van der Waals surface area contributed by atoms with Gasteiger partial charge in [0.05, 0.1) is 31.5 Å². The molecule has 2 heterocycles. The standard InChI is InChI=1S/C30H30O8/c1-29-13-11-20-28(34)38-23(19-12-14-36-17-19)16-30(20,2)26(29)25(32)22(15-21(29)27(33)35-3)37-24(31)10-9-18-7-5-4-6-8-18/h4-10,12,14-15,17,20-21,23,26H,11,13,16H2,1-3H3/t20-,21-,23-,26-,29-,30-/m0/s1. The molecule has 5 rings (SSSR count). The van der Waals surface area contributed by atoms with Crippen LogP contribution in [0.3, 0.4) is 0 Å². The largest absolute Gasteiger partial charge is 0.472 e. The first kappa shape index (κ1) is 25.7. The summed E-state index contributed by atoms with van der Waals surface area (Å²) in [4.78, 5) is 53.1. The smallest absolute Gasteiger partial charge is 0.336 e. The molecule has 8 heteroatoms. The van der Waals surface area contributed by atoms with E-state index in [0.29, 0.717) is 24.8 Å². The lowest BCUT2D eigenvalue weighted by molar-refractivity contribution is -0.198. The Hall–Kier alpha value is -3.94. The molecule has 1 saturated carbocycles. The number of carbonyl (C=O) groups is 4. The van der Waals surface area contributed by atoms with E-state index in [1.165, 1.54) is 31.8 Å². The second kappa shape index (κ2) is 9.74. The van der Waals surface area contributed by atoms with Crippen molar-refractivity contribution in [2.45, 2.75) is 39.2 Å². The first-order valence-corrected chi connectivity index (χ1v) is 12.7. The van der Waals surface area contributed by atoms with Crippen LogP contribution in [0.5, 0.6) is 0 Å². The van der Waals surface area contributed by atoms with Gasteiger partial charge in [-0.1, -0.05) is 44.2 Å². The SMILES string of the molecule is COC(=O)[C@@H]1C=C(OC(=O)C=Cc2ccccc2)C(=O)[C@H]2[C@@]1(C)CC[C@H]1C(=O)O[C@H](c3ccoc3)C[C@]21C. The van der Waals surface area contributed by atoms with Crippen LogP contribution in [0.1, 0.15) is 50.3 Å². The number of cyclic esters (lactones) is 1. The third kappa shape index (κ3) is 4.27. The molecule has 2 fully saturated rings. The number of benzene rings is 1. The zero-order valence-electron chi connectivity index (χ0n) is 21.5. The van der Waals surface area contributed by atoms with Gasteiger partial charge in [0.1, 0.15) is 6.10 Å². The van der Waals surface area contributed by atoms with Crippen LogP contribution in [-0.2, 0) is 33.4 Å². The maximum Gasteiger partial charge on any atom is 0.336 e. The van der Waals surface area contributed by atoms with E-state index in [1.54, 1.807) is 12.1 Å². The van der Waals surface area contributed by atoms with Crippen molar-refractivity contribution in [3.8, 4) is 0 Å². The summed E-state index contributed by atoms with van der Waals surface area (Å²) in [5, 5.41) is 0. The van der Waals surface area contributed by atoms with Crippen LogP contribution in [0.2, 0.25) is 0 Å². The van der Waals surface area contributed by atoms with E-state index in [4.69, 9.17) is 18.6 Å². The predicted octanol–water partition coefficient (Wildman–Crippen LogP) is 4.82. The molecule has 0 radical (unpaired) electrons. The second-order valence-corrected chi connectivity index (χ2v) is 10.8. The molecule has 0 bridgehead atoms. The van der Waals surface area contributed by atoms with Gasteiger partial charge in [-0.15, -0.1) is 0 Å². The van der Waals surface area contributed by atoms with Crippen molar-refractivity contribution in [1.82, 2.24) is 0 Å². The number of Topliss-reactive ketones (excluding diaryl/α,β-unsaturated/α-hetero) is 1. The van der Waals surface area contributed by atoms with E-state index in [1.807, 2.05) is 44.2 Å². The summed E-state index contributed by atoms with van der Waals surface area (Å²) in [6, 6.07) is 10.9. The van der Waals surface area contributed by atoms with E-state index >= 15 is 0 Å². The minimum absolute atomic E-state index is 0.203. The molecule has 0 N–H and O–H groups in total. The monoisotopic (exact) mass is 518 g/mol. The van der Waals surface area contributed by atoms with Gasteiger partial charge in [0.25, 0.3) is 0 Å². The van der Waals surface area contributed by atoms with Gasteiger partial charge in [-0.2, -0.15) is 0 Å². The zero-order chi connectivity index (χ0) is 27.1. The third-order valence-electron chi connectivity index (χ3n) is 8.58. The third-order valence-corrected chi connectivity index (χ3v) is 8.58. The lowest BCUT2D eigenvalue weighted by atomic mass is 9.44. The molecule has 38 heavy (non-hydrogen) atoms. The van der Waals surface area contributed by atoms with Crippen LogP contribution in [0.4, 0.5) is 0 Å². The zero-order valence-corrected chi connectivity index (χ0v) is 21.5. The molecule has 1 aliphatic heterocycles. The highest BCUT2D eigenvalue weighted by Gasteiger charge is 2.66. The highest BCUT2D eigenvalue weighted by atomic mass is 16.6. The summed E-state index contributed by atoms with van der Waals surface area (Å²) in [6.07, 6.45) is 7.92. The van der Waals surface area contributed by atoms with Crippen LogP contribution < -0.4 is 0 Å². The summed E-state index contributed by atoms with van der Waals surface area (Å²) < 4.78 is 21.6. The fourth-order valence-electron chi connectivity index (χ4n) is 6.76. The summed E-state index contributed by atoms with van der Waals surface area (Å²) in [5.41, 5.74) is -0.211. The van der Waals surface area contributed by atoms with Gasteiger partial charge in [-0.25, -0.2) is 4.79 Å². The Morgan fingerprint density at radius 3 is 2.53 bits per heavy atom. The van der Waals surface area contributed by atoms with E-state index in [9.17, 15) is 19.2 Å². The Labute approximate surface area is 220 Å². The number of fused-ring (bicyclic) bond motifs is 3. The Morgan fingerprint density at radius 2 is 1.84 bits per heavy atom. The Morgan fingerprint density at radius 1 is 1.08 bits per heavy atom. The van der Waals surface area contributed by atoms with E-state index in [0.717, 1.165) is 5.56 Å². The van der Waals surface area contributed by atoms with Crippen LogP contribution >= 0.6 is 0 Å².